The predicted octanol–water partition coefficient (Wildman–Crippen LogP) is 25.4. The van der Waals surface area contributed by atoms with Crippen molar-refractivity contribution in [2.24, 2.45) is 0 Å². The van der Waals surface area contributed by atoms with Crippen LogP contribution in [0.3, 0.4) is 0 Å². The molecule has 0 radical (unpaired) electrons. The molecule has 0 aromatic rings. The minimum absolute atomic E-state index is 0.0425. The Morgan fingerprint density at radius 2 is 0.594 bits per heavy atom. The first-order valence-electron chi connectivity index (χ1n) is 38.8. The maximum Gasteiger partial charge on any atom is 0.306 e. The zero-order valence-corrected chi connectivity index (χ0v) is 63.2. The molecule has 96 heavy (non-hydrogen) atoms. The number of hydrogen-bond donors (Lipinski definition) is 0. The highest BCUT2D eigenvalue weighted by Gasteiger charge is 2.22. The van der Waals surface area contributed by atoms with E-state index in [2.05, 4.69) is 184 Å². The highest BCUT2D eigenvalue weighted by atomic mass is 31.2. The SMILES string of the molecule is CC/C=C\C/C=C\C/C=C\C/C=C\C/C=C\C/C=C\C/C=C\C/C=C\C/C=C\C/C=C\C/C=C\CCCCCCCC(=O)OC(COC(=O)CCCCCCCCCCCCCCCCCCCC/C=C\C/C=C\C/C=C\CCCCCCC)COP(=O)([O-])OCC[N+](C)(C)C. The molecule has 10 heteroatoms. The van der Waals surface area contributed by atoms with Gasteiger partial charge in [-0.15, -0.1) is 0 Å². The Hall–Kier alpha value is -4.63. The highest BCUT2D eigenvalue weighted by Crippen LogP contribution is 2.38. The van der Waals surface area contributed by atoms with Crippen LogP contribution >= 0.6 is 7.82 Å². The van der Waals surface area contributed by atoms with Crippen molar-refractivity contribution in [2.75, 3.05) is 47.5 Å². The number of carbonyl (C=O) groups is 2. The summed E-state index contributed by atoms with van der Waals surface area (Å²) in [6.07, 6.45) is 113. The van der Waals surface area contributed by atoms with Gasteiger partial charge in [-0.25, -0.2) is 0 Å². The second kappa shape index (κ2) is 74.6. The van der Waals surface area contributed by atoms with Gasteiger partial charge in [-0.3, -0.25) is 14.2 Å². The van der Waals surface area contributed by atoms with Crippen LogP contribution in [0, 0.1) is 0 Å². The molecule has 2 unspecified atom stereocenters. The number of nitrogens with zero attached hydrogens (tertiary/aromatic N) is 1. The number of allylic oxidation sites excluding steroid dienone is 28. The molecule has 546 valence electrons. The van der Waals surface area contributed by atoms with Gasteiger partial charge in [-0.1, -0.05) is 332 Å². The molecule has 0 aromatic carbocycles. The van der Waals surface area contributed by atoms with Crippen molar-refractivity contribution in [3.05, 3.63) is 170 Å². The number of likely N-dealkylation sites (N-methyl/N-ethyl adjacent to an activating group) is 1. The molecule has 0 aliphatic rings. The molecule has 0 saturated heterocycles. The number of esters is 2. The number of ether oxygens (including phenoxy) is 2. The van der Waals surface area contributed by atoms with Gasteiger partial charge in [0.1, 0.15) is 19.8 Å². The molecule has 0 spiro atoms. The maximum absolute atomic E-state index is 12.9. The molecule has 0 bridgehead atoms. The standard InChI is InChI=1S/C86H144NO8P/c1-6-8-10-12-14-16-18-20-22-24-26-28-30-32-34-36-38-40-41-42-43-44-45-47-49-51-53-55-57-59-61-63-65-67-69-71-73-75-77-79-86(89)95-84(83-94-96(90,91)93-81-80-87(3,4)5)82-92-85(88)78-76-74-72-70-68-66-64-62-60-58-56-54-52-50-48-46-39-37-35-33-31-29-27-25-23-21-19-17-15-13-11-9-7-2/h8,10,14,16,19-22,25-28,31-34,38,40,42-43,45,47,51,53,57,59,63,65,84H,6-7,9,11-13,15,17-18,23-24,29-30,35-37,39,41,44,46,48-50,52,54-56,58,60-62,64,66-83H2,1-5H3/b10-8-,16-14-,21-19-,22-20-,27-25-,28-26-,33-31-,34-32-,40-38-,43-42-,47-45-,53-51-,59-57-,65-63-. The number of hydrogen-bond acceptors (Lipinski definition) is 8. The van der Waals surface area contributed by atoms with Crippen LogP contribution in [0.1, 0.15) is 309 Å². The van der Waals surface area contributed by atoms with Gasteiger partial charge < -0.3 is 27.9 Å². The lowest BCUT2D eigenvalue weighted by Gasteiger charge is -2.28. The van der Waals surface area contributed by atoms with Gasteiger partial charge >= 0.3 is 11.9 Å². The number of quaternary nitrogens is 1. The average Bonchev–Trinajstić information content (AvgIpc) is 1.98. The Morgan fingerprint density at radius 3 is 0.885 bits per heavy atom. The smallest absolute Gasteiger partial charge is 0.306 e. The summed E-state index contributed by atoms with van der Waals surface area (Å²) >= 11 is 0. The van der Waals surface area contributed by atoms with E-state index in [4.69, 9.17) is 18.5 Å². The van der Waals surface area contributed by atoms with Crippen molar-refractivity contribution in [1.29, 1.82) is 0 Å². The molecule has 0 aliphatic heterocycles. The number of phosphoric ester groups is 1. The number of phosphoric acid groups is 1. The Balaban J connectivity index is 4.10. The lowest BCUT2D eigenvalue weighted by Crippen LogP contribution is -2.37. The van der Waals surface area contributed by atoms with Gasteiger partial charge in [0.2, 0.25) is 0 Å². The first kappa shape index (κ1) is 91.4. The van der Waals surface area contributed by atoms with E-state index in [1.807, 2.05) is 21.1 Å². The number of carbonyl (C=O) groups excluding carboxylic acids is 2. The molecular weight excluding hydrogens is 1210 g/mol. The molecule has 0 fully saturated rings. The van der Waals surface area contributed by atoms with Crippen LogP contribution in [0.15, 0.2) is 170 Å². The first-order valence-corrected chi connectivity index (χ1v) is 40.3. The number of rotatable bonds is 70. The van der Waals surface area contributed by atoms with Crippen molar-refractivity contribution < 1.29 is 42.1 Å². The van der Waals surface area contributed by atoms with E-state index >= 15 is 0 Å². The zero-order valence-electron chi connectivity index (χ0n) is 62.3. The highest BCUT2D eigenvalue weighted by molar-refractivity contribution is 7.45. The van der Waals surface area contributed by atoms with E-state index in [9.17, 15) is 19.0 Å². The monoisotopic (exact) mass is 1350 g/mol. The van der Waals surface area contributed by atoms with E-state index in [1.54, 1.807) is 0 Å². The van der Waals surface area contributed by atoms with Gasteiger partial charge in [0.15, 0.2) is 6.10 Å². The second-order valence-corrected chi connectivity index (χ2v) is 28.0. The third-order valence-electron chi connectivity index (χ3n) is 16.2. The van der Waals surface area contributed by atoms with Crippen LogP contribution in [0.25, 0.3) is 0 Å². The van der Waals surface area contributed by atoms with Crippen molar-refractivity contribution in [3.63, 3.8) is 0 Å². The lowest BCUT2D eigenvalue weighted by molar-refractivity contribution is -0.870. The Morgan fingerprint density at radius 1 is 0.333 bits per heavy atom. The van der Waals surface area contributed by atoms with Gasteiger partial charge in [0.25, 0.3) is 7.82 Å². The number of unbranched alkanes of at least 4 members (excludes halogenated alkanes) is 28. The molecule has 2 atom stereocenters. The molecule has 9 nitrogen and oxygen atoms in total. The average molecular weight is 1350 g/mol. The fourth-order valence-electron chi connectivity index (χ4n) is 10.3. The molecule has 0 N–H and O–H groups in total. The fraction of sp³-hybridized carbons (Fsp3) is 0.651. The summed E-state index contributed by atoms with van der Waals surface area (Å²) in [7, 11) is 1.14. The third kappa shape index (κ3) is 78.4. The van der Waals surface area contributed by atoms with Crippen LogP contribution in [0.5, 0.6) is 0 Å². The minimum atomic E-state index is -4.66. The van der Waals surface area contributed by atoms with Crippen molar-refractivity contribution in [1.82, 2.24) is 0 Å². The summed E-state index contributed by atoms with van der Waals surface area (Å²) < 4.78 is 34.3. The van der Waals surface area contributed by atoms with E-state index in [1.165, 1.54) is 141 Å². The molecular formula is C86H144NO8P. The molecule has 0 rings (SSSR count). The Labute approximate surface area is 591 Å². The Kier molecular flexibility index (Phi) is 71.0. The molecule has 0 heterocycles. The van der Waals surface area contributed by atoms with Crippen LogP contribution < -0.4 is 4.89 Å². The van der Waals surface area contributed by atoms with Crippen molar-refractivity contribution in [3.8, 4) is 0 Å². The largest absolute Gasteiger partial charge is 0.756 e. The van der Waals surface area contributed by atoms with Gasteiger partial charge in [0, 0.05) is 12.8 Å². The molecule has 0 aromatic heterocycles. The summed E-state index contributed by atoms with van der Waals surface area (Å²) in [5, 5.41) is 0. The van der Waals surface area contributed by atoms with Crippen molar-refractivity contribution >= 4 is 19.8 Å². The molecule has 0 aliphatic carbocycles. The van der Waals surface area contributed by atoms with E-state index in [-0.39, 0.29) is 26.1 Å². The summed E-state index contributed by atoms with van der Waals surface area (Å²) in [5.41, 5.74) is 0. The molecule has 0 saturated carbocycles. The van der Waals surface area contributed by atoms with Crippen LogP contribution in [-0.2, 0) is 32.7 Å². The van der Waals surface area contributed by atoms with Crippen LogP contribution in [-0.4, -0.2) is 70.0 Å². The van der Waals surface area contributed by atoms with Gasteiger partial charge in [-0.05, 0) is 135 Å². The van der Waals surface area contributed by atoms with E-state index in [0.29, 0.717) is 17.4 Å². The van der Waals surface area contributed by atoms with Gasteiger partial charge in [0.05, 0.1) is 27.7 Å². The summed E-state index contributed by atoms with van der Waals surface area (Å²) in [5.74, 6) is -0.858. The topological polar surface area (TPSA) is 111 Å². The fourth-order valence-corrected chi connectivity index (χ4v) is 11.0. The zero-order chi connectivity index (χ0) is 69.7. The lowest BCUT2D eigenvalue weighted by atomic mass is 10.0. The quantitative estimate of drug-likeness (QED) is 0.0195. The third-order valence-corrected chi connectivity index (χ3v) is 17.2. The van der Waals surface area contributed by atoms with Crippen LogP contribution in [0.4, 0.5) is 0 Å². The molecule has 0 amide bonds. The summed E-state index contributed by atoms with van der Waals surface area (Å²) in [6, 6.07) is 0. The van der Waals surface area contributed by atoms with E-state index in [0.717, 1.165) is 135 Å². The first-order chi connectivity index (χ1) is 47.0. The predicted molar refractivity (Wildman–Crippen MR) is 415 cm³/mol. The van der Waals surface area contributed by atoms with E-state index < -0.39 is 32.5 Å². The Bertz CT molecular complexity index is 2230. The summed E-state index contributed by atoms with van der Waals surface area (Å²) in [4.78, 5) is 38.2. The minimum Gasteiger partial charge on any atom is -0.756 e. The van der Waals surface area contributed by atoms with Gasteiger partial charge in [-0.2, -0.15) is 0 Å². The maximum atomic E-state index is 12.9. The second-order valence-electron chi connectivity index (χ2n) is 26.6. The summed E-state index contributed by atoms with van der Waals surface area (Å²) in [6.45, 7) is 4.10. The van der Waals surface area contributed by atoms with Crippen molar-refractivity contribution in [2.45, 2.75) is 315 Å². The van der Waals surface area contributed by atoms with Crippen LogP contribution in [0.2, 0.25) is 0 Å². The normalized spacial score (nSPS) is 14.0.